The van der Waals surface area contributed by atoms with Crippen molar-refractivity contribution in [1.29, 1.82) is 0 Å². The predicted molar refractivity (Wildman–Crippen MR) is 67.0 cm³/mol. The lowest BCUT2D eigenvalue weighted by atomic mass is 10.1. The molecule has 0 bridgehead atoms. The van der Waals surface area contributed by atoms with E-state index in [1.807, 2.05) is 0 Å². The SMILES string of the molecule is CCCC[n+]1cccc(-c2ccccc2)c1. The van der Waals surface area contributed by atoms with E-state index in [0.717, 1.165) is 6.54 Å². The van der Waals surface area contributed by atoms with Crippen LogP contribution >= 0.6 is 0 Å². The molecule has 0 fully saturated rings. The van der Waals surface area contributed by atoms with Gasteiger partial charge in [-0.05, 0) is 11.6 Å². The first-order valence-corrected chi connectivity index (χ1v) is 5.94. The number of aromatic nitrogens is 1. The molecule has 82 valence electrons. The summed E-state index contributed by atoms with van der Waals surface area (Å²) in [7, 11) is 0. The van der Waals surface area contributed by atoms with Crippen LogP contribution in [0.4, 0.5) is 0 Å². The molecule has 2 rings (SSSR count). The number of nitrogens with zero attached hydrogens (tertiary/aromatic N) is 1. The van der Waals surface area contributed by atoms with Gasteiger partial charge in [0.2, 0.25) is 0 Å². The summed E-state index contributed by atoms with van der Waals surface area (Å²) in [4.78, 5) is 0. The van der Waals surface area contributed by atoms with Crippen molar-refractivity contribution >= 4 is 0 Å². The molecule has 1 aromatic carbocycles. The van der Waals surface area contributed by atoms with Crippen LogP contribution in [-0.4, -0.2) is 0 Å². The summed E-state index contributed by atoms with van der Waals surface area (Å²) in [6, 6.07) is 14.8. The summed E-state index contributed by atoms with van der Waals surface area (Å²) < 4.78 is 2.27. The molecule has 1 nitrogen and oxygen atoms in total. The molecule has 2 aromatic rings. The van der Waals surface area contributed by atoms with Crippen LogP contribution in [0.2, 0.25) is 0 Å². The van der Waals surface area contributed by atoms with E-state index in [2.05, 4.69) is 66.3 Å². The minimum absolute atomic E-state index is 1.11. The van der Waals surface area contributed by atoms with Gasteiger partial charge in [-0.3, -0.25) is 0 Å². The molecule has 1 aromatic heterocycles. The second-order valence-electron chi connectivity index (χ2n) is 4.05. The first kappa shape index (κ1) is 10.9. The van der Waals surface area contributed by atoms with Gasteiger partial charge >= 0.3 is 0 Å². The number of hydrogen-bond acceptors (Lipinski definition) is 0. The van der Waals surface area contributed by atoms with Gasteiger partial charge in [0.05, 0.1) is 0 Å². The number of unbranched alkanes of at least 4 members (excludes halogenated alkanes) is 1. The standard InChI is InChI=1S/C15H18N/c1-2-3-11-16-12-7-10-15(13-16)14-8-5-4-6-9-14/h4-10,12-13H,2-3,11H2,1H3/q+1. The van der Waals surface area contributed by atoms with E-state index in [1.54, 1.807) is 0 Å². The maximum Gasteiger partial charge on any atom is 0.176 e. The van der Waals surface area contributed by atoms with Crippen molar-refractivity contribution in [3.8, 4) is 11.1 Å². The fourth-order valence-corrected chi connectivity index (χ4v) is 1.80. The molecule has 0 atom stereocenters. The van der Waals surface area contributed by atoms with Crippen LogP contribution in [0.3, 0.4) is 0 Å². The minimum atomic E-state index is 1.11. The van der Waals surface area contributed by atoms with Gasteiger partial charge in [0.15, 0.2) is 12.4 Å². The summed E-state index contributed by atoms with van der Waals surface area (Å²) in [5, 5.41) is 0. The quantitative estimate of drug-likeness (QED) is 0.683. The van der Waals surface area contributed by atoms with Gasteiger partial charge in [-0.15, -0.1) is 0 Å². The van der Waals surface area contributed by atoms with E-state index in [1.165, 1.54) is 24.0 Å². The smallest absolute Gasteiger partial charge is 0.176 e. The van der Waals surface area contributed by atoms with Crippen LogP contribution in [0.15, 0.2) is 54.9 Å². The highest BCUT2D eigenvalue weighted by Gasteiger charge is 2.03. The number of aryl methyl sites for hydroxylation is 1. The number of pyridine rings is 1. The molecule has 0 amide bonds. The zero-order valence-corrected chi connectivity index (χ0v) is 9.76. The van der Waals surface area contributed by atoms with Gasteiger partial charge in [0.25, 0.3) is 0 Å². The molecule has 0 saturated carbocycles. The van der Waals surface area contributed by atoms with Crippen LogP contribution in [0, 0.1) is 0 Å². The molecule has 0 aliphatic carbocycles. The first-order valence-electron chi connectivity index (χ1n) is 5.94. The topological polar surface area (TPSA) is 3.88 Å². The van der Waals surface area contributed by atoms with Gasteiger partial charge in [-0.2, -0.15) is 0 Å². The lowest BCUT2D eigenvalue weighted by Crippen LogP contribution is -2.32. The highest BCUT2D eigenvalue weighted by molar-refractivity contribution is 5.61. The highest BCUT2D eigenvalue weighted by Crippen LogP contribution is 2.15. The second kappa shape index (κ2) is 5.45. The molecule has 0 N–H and O–H groups in total. The Kier molecular flexibility index (Phi) is 3.71. The summed E-state index contributed by atoms with van der Waals surface area (Å²) in [5.41, 5.74) is 2.58. The molecular formula is C15H18N+. The Bertz CT molecular complexity index is 434. The van der Waals surface area contributed by atoms with Crippen LogP contribution < -0.4 is 4.57 Å². The summed E-state index contributed by atoms with van der Waals surface area (Å²) in [6.07, 6.45) is 6.85. The first-order chi connectivity index (χ1) is 7.90. The van der Waals surface area contributed by atoms with Crippen molar-refractivity contribution in [3.05, 3.63) is 54.9 Å². The summed E-state index contributed by atoms with van der Waals surface area (Å²) in [6.45, 7) is 3.33. The lowest BCUT2D eigenvalue weighted by Gasteiger charge is -2.00. The summed E-state index contributed by atoms with van der Waals surface area (Å²) in [5.74, 6) is 0. The van der Waals surface area contributed by atoms with Crippen molar-refractivity contribution in [2.75, 3.05) is 0 Å². The zero-order valence-electron chi connectivity index (χ0n) is 9.76. The third-order valence-electron chi connectivity index (χ3n) is 2.74. The largest absolute Gasteiger partial charge is 0.205 e. The molecule has 0 unspecified atom stereocenters. The van der Waals surface area contributed by atoms with E-state index in [-0.39, 0.29) is 0 Å². The number of hydrogen-bond donors (Lipinski definition) is 0. The van der Waals surface area contributed by atoms with Crippen molar-refractivity contribution < 1.29 is 4.57 Å². The second-order valence-corrected chi connectivity index (χ2v) is 4.05. The van der Waals surface area contributed by atoms with Crippen molar-refractivity contribution in [2.45, 2.75) is 26.3 Å². The molecule has 16 heavy (non-hydrogen) atoms. The molecular weight excluding hydrogens is 194 g/mol. The van der Waals surface area contributed by atoms with Crippen LogP contribution in [-0.2, 0) is 6.54 Å². The Morgan fingerprint density at radius 3 is 2.44 bits per heavy atom. The third kappa shape index (κ3) is 2.69. The minimum Gasteiger partial charge on any atom is -0.205 e. The van der Waals surface area contributed by atoms with E-state index in [4.69, 9.17) is 0 Å². The molecule has 0 spiro atoms. The zero-order chi connectivity index (χ0) is 11.2. The van der Waals surface area contributed by atoms with E-state index in [9.17, 15) is 0 Å². The summed E-state index contributed by atoms with van der Waals surface area (Å²) >= 11 is 0. The molecule has 0 radical (unpaired) electrons. The van der Waals surface area contributed by atoms with E-state index < -0.39 is 0 Å². The Hall–Kier alpha value is -1.63. The average molecular weight is 212 g/mol. The molecule has 0 saturated heterocycles. The molecule has 0 aliphatic heterocycles. The molecule has 1 heterocycles. The monoisotopic (exact) mass is 212 g/mol. The Morgan fingerprint density at radius 2 is 1.69 bits per heavy atom. The highest BCUT2D eigenvalue weighted by atomic mass is 14.9. The van der Waals surface area contributed by atoms with Crippen molar-refractivity contribution in [2.24, 2.45) is 0 Å². The third-order valence-corrected chi connectivity index (χ3v) is 2.74. The Morgan fingerprint density at radius 1 is 0.938 bits per heavy atom. The lowest BCUT2D eigenvalue weighted by molar-refractivity contribution is -0.696. The van der Waals surface area contributed by atoms with Gasteiger partial charge in [-0.1, -0.05) is 43.7 Å². The number of benzene rings is 1. The molecule has 0 aliphatic rings. The fourth-order valence-electron chi connectivity index (χ4n) is 1.80. The van der Waals surface area contributed by atoms with Gasteiger partial charge < -0.3 is 0 Å². The Labute approximate surface area is 97.4 Å². The normalized spacial score (nSPS) is 10.3. The maximum atomic E-state index is 2.27. The van der Waals surface area contributed by atoms with Crippen molar-refractivity contribution in [1.82, 2.24) is 0 Å². The van der Waals surface area contributed by atoms with Gasteiger partial charge in [0, 0.05) is 18.1 Å². The maximum absolute atomic E-state index is 2.27. The van der Waals surface area contributed by atoms with Crippen molar-refractivity contribution in [3.63, 3.8) is 0 Å². The number of rotatable bonds is 4. The fraction of sp³-hybridized carbons (Fsp3) is 0.267. The van der Waals surface area contributed by atoms with Crippen LogP contribution in [0.1, 0.15) is 19.8 Å². The van der Waals surface area contributed by atoms with E-state index in [0.29, 0.717) is 0 Å². The van der Waals surface area contributed by atoms with Gasteiger partial charge in [-0.25, -0.2) is 4.57 Å². The van der Waals surface area contributed by atoms with Gasteiger partial charge in [0.1, 0.15) is 6.54 Å². The van der Waals surface area contributed by atoms with Crippen LogP contribution in [0.5, 0.6) is 0 Å². The Balaban J connectivity index is 2.22. The van der Waals surface area contributed by atoms with E-state index >= 15 is 0 Å². The average Bonchev–Trinajstić information content (AvgIpc) is 2.38. The molecule has 1 heteroatoms. The van der Waals surface area contributed by atoms with Crippen LogP contribution in [0.25, 0.3) is 11.1 Å². The predicted octanol–water partition coefficient (Wildman–Crippen LogP) is 3.44.